The Labute approximate surface area is 127 Å². The maximum atomic E-state index is 12.3. The zero-order chi connectivity index (χ0) is 15.7. The summed E-state index contributed by atoms with van der Waals surface area (Å²) < 4.78 is 6.57. The standard InChI is InChI=1S/C17H17N3O2/c1-20-17(21)15-9-13(22-2)7-8-14(15)16(19-20)12-5-3-11(10-18)4-6-12/h3-9H,10,18H2,1-2H3. The first-order valence-electron chi connectivity index (χ1n) is 6.98. The number of benzene rings is 2. The van der Waals surface area contributed by atoms with Gasteiger partial charge in [0.05, 0.1) is 18.2 Å². The molecule has 0 saturated heterocycles. The summed E-state index contributed by atoms with van der Waals surface area (Å²) in [6.45, 7) is 0.499. The molecule has 0 saturated carbocycles. The molecule has 2 N–H and O–H groups in total. The molecule has 0 atom stereocenters. The minimum absolute atomic E-state index is 0.142. The van der Waals surface area contributed by atoms with Gasteiger partial charge in [-0.15, -0.1) is 0 Å². The number of nitrogens with zero attached hydrogens (tertiary/aromatic N) is 2. The molecule has 0 fully saturated rings. The maximum absolute atomic E-state index is 12.3. The van der Waals surface area contributed by atoms with Gasteiger partial charge in [-0.05, 0) is 23.8 Å². The van der Waals surface area contributed by atoms with Crippen molar-refractivity contribution in [1.82, 2.24) is 9.78 Å². The molecule has 0 bridgehead atoms. The van der Waals surface area contributed by atoms with Crippen LogP contribution in [0.4, 0.5) is 0 Å². The van der Waals surface area contributed by atoms with Gasteiger partial charge in [-0.2, -0.15) is 5.10 Å². The number of aryl methyl sites for hydroxylation is 1. The number of hydrogen-bond acceptors (Lipinski definition) is 4. The Bertz CT molecular complexity index is 883. The van der Waals surface area contributed by atoms with Gasteiger partial charge in [0.2, 0.25) is 0 Å². The average molecular weight is 295 g/mol. The summed E-state index contributed by atoms with van der Waals surface area (Å²) in [7, 11) is 3.23. The third kappa shape index (κ3) is 2.35. The van der Waals surface area contributed by atoms with Crippen molar-refractivity contribution < 1.29 is 4.74 Å². The van der Waals surface area contributed by atoms with E-state index in [1.165, 1.54) is 4.68 Å². The molecule has 22 heavy (non-hydrogen) atoms. The highest BCUT2D eigenvalue weighted by Crippen LogP contribution is 2.27. The van der Waals surface area contributed by atoms with E-state index in [1.807, 2.05) is 36.4 Å². The monoisotopic (exact) mass is 295 g/mol. The van der Waals surface area contributed by atoms with Crippen molar-refractivity contribution in [3.63, 3.8) is 0 Å². The number of hydrogen-bond donors (Lipinski definition) is 1. The second-order valence-corrected chi connectivity index (χ2v) is 5.09. The van der Waals surface area contributed by atoms with Gasteiger partial charge >= 0.3 is 0 Å². The molecule has 0 unspecified atom stereocenters. The summed E-state index contributed by atoms with van der Waals surface area (Å²) in [6, 6.07) is 13.3. The zero-order valence-electron chi connectivity index (χ0n) is 12.5. The van der Waals surface area contributed by atoms with Crippen LogP contribution in [0.15, 0.2) is 47.3 Å². The largest absolute Gasteiger partial charge is 0.497 e. The fraction of sp³-hybridized carbons (Fsp3) is 0.176. The van der Waals surface area contributed by atoms with Crippen molar-refractivity contribution in [3.8, 4) is 17.0 Å². The highest BCUT2D eigenvalue weighted by molar-refractivity contribution is 5.94. The SMILES string of the molecule is COc1ccc2c(-c3ccc(CN)cc3)nn(C)c(=O)c2c1. The highest BCUT2D eigenvalue weighted by atomic mass is 16.5. The van der Waals surface area contributed by atoms with Crippen LogP contribution < -0.4 is 16.0 Å². The number of ether oxygens (including phenoxy) is 1. The third-order valence-electron chi connectivity index (χ3n) is 3.72. The van der Waals surface area contributed by atoms with Gasteiger partial charge in [0, 0.05) is 24.5 Å². The summed E-state index contributed by atoms with van der Waals surface area (Å²) in [4.78, 5) is 12.3. The molecule has 0 aliphatic carbocycles. The lowest BCUT2D eigenvalue weighted by Crippen LogP contribution is -2.20. The first-order chi connectivity index (χ1) is 10.6. The minimum atomic E-state index is -0.142. The van der Waals surface area contributed by atoms with Crippen LogP contribution in [0.3, 0.4) is 0 Å². The molecule has 3 rings (SSSR count). The van der Waals surface area contributed by atoms with E-state index in [0.29, 0.717) is 17.7 Å². The molecule has 0 spiro atoms. The predicted octanol–water partition coefficient (Wildman–Crippen LogP) is 2.07. The molecule has 0 aliphatic rings. The Balaban J connectivity index is 2.28. The van der Waals surface area contributed by atoms with Crippen molar-refractivity contribution in [2.24, 2.45) is 12.8 Å². The molecule has 2 aromatic carbocycles. The van der Waals surface area contributed by atoms with E-state index in [0.717, 1.165) is 22.2 Å². The molecule has 0 aliphatic heterocycles. The molecule has 1 heterocycles. The number of aromatic nitrogens is 2. The Kier molecular flexibility index (Phi) is 3.65. The fourth-order valence-electron chi connectivity index (χ4n) is 2.47. The van der Waals surface area contributed by atoms with Crippen LogP contribution in [0.2, 0.25) is 0 Å². The Morgan fingerprint density at radius 2 is 1.86 bits per heavy atom. The van der Waals surface area contributed by atoms with E-state index in [1.54, 1.807) is 20.2 Å². The van der Waals surface area contributed by atoms with Crippen LogP contribution in [0.5, 0.6) is 5.75 Å². The Morgan fingerprint density at radius 3 is 2.50 bits per heavy atom. The van der Waals surface area contributed by atoms with E-state index < -0.39 is 0 Å². The summed E-state index contributed by atoms with van der Waals surface area (Å²) in [5, 5.41) is 5.82. The summed E-state index contributed by atoms with van der Waals surface area (Å²) in [5.74, 6) is 0.653. The van der Waals surface area contributed by atoms with Crippen LogP contribution in [0.1, 0.15) is 5.56 Å². The summed E-state index contributed by atoms with van der Waals surface area (Å²) in [5.41, 5.74) is 8.26. The first-order valence-corrected chi connectivity index (χ1v) is 6.98. The fourth-order valence-corrected chi connectivity index (χ4v) is 2.47. The Morgan fingerprint density at radius 1 is 1.14 bits per heavy atom. The maximum Gasteiger partial charge on any atom is 0.274 e. The molecule has 1 aromatic heterocycles. The van der Waals surface area contributed by atoms with Crippen LogP contribution in [-0.2, 0) is 13.6 Å². The van der Waals surface area contributed by atoms with E-state index in [9.17, 15) is 4.79 Å². The normalized spacial score (nSPS) is 10.9. The van der Waals surface area contributed by atoms with Gasteiger partial charge in [-0.25, -0.2) is 4.68 Å². The molecule has 3 aromatic rings. The van der Waals surface area contributed by atoms with Gasteiger partial charge in [-0.1, -0.05) is 24.3 Å². The van der Waals surface area contributed by atoms with E-state index >= 15 is 0 Å². The lowest BCUT2D eigenvalue weighted by atomic mass is 10.0. The lowest BCUT2D eigenvalue weighted by molar-refractivity contribution is 0.415. The van der Waals surface area contributed by atoms with E-state index in [2.05, 4.69) is 5.10 Å². The number of rotatable bonds is 3. The molecule has 112 valence electrons. The molecular formula is C17H17N3O2. The molecule has 0 amide bonds. The second-order valence-electron chi connectivity index (χ2n) is 5.09. The number of nitrogens with two attached hydrogens (primary N) is 1. The van der Waals surface area contributed by atoms with E-state index in [4.69, 9.17) is 10.5 Å². The summed E-state index contributed by atoms with van der Waals surface area (Å²) in [6.07, 6.45) is 0. The smallest absolute Gasteiger partial charge is 0.274 e. The molecule has 5 heteroatoms. The Hall–Kier alpha value is -2.66. The quantitative estimate of drug-likeness (QED) is 0.803. The first kappa shape index (κ1) is 14.3. The minimum Gasteiger partial charge on any atom is -0.497 e. The van der Waals surface area contributed by atoms with Gasteiger partial charge in [0.25, 0.3) is 5.56 Å². The number of fused-ring (bicyclic) bond motifs is 1. The summed E-state index contributed by atoms with van der Waals surface area (Å²) >= 11 is 0. The van der Waals surface area contributed by atoms with Crippen molar-refractivity contribution in [2.45, 2.75) is 6.54 Å². The average Bonchev–Trinajstić information content (AvgIpc) is 2.58. The third-order valence-corrected chi connectivity index (χ3v) is 3.72. The van der Waals surface area contributed by atoms with Crippen molar-refractivity contribution in [2.75, 3.05) is 7.11 Å². The van der Waals surface area contributed by atoms with Crippen LogP contribution in [0, 0.1) is 0 Å². The highest BCUT2D eigenvalue weighted by Gasteiger charge is 2.11. The van der Waals surface area contributed by atoms with Crippen LogP contribution in [-0.4, -0.2) is 16.9 Å². The molecular weight excluding hydrogens is 278 g/mol. The van der Waals surface area contributed by atoms with Gasteiger partial charge in [-0.3, -0.25) is 4.79 Å². The molecule has 0 radical (unpaired) electrons. The zero-order valence-corrected chi connectivity index (χ0v) is 12.5. The van der Waals surface area contributed by atoms with Gasteiger partial charge in [0.15, 0.2) is 0 Å². The topological polar surface area (TPSA) is 70.1 Å². The van der Waals surface area contributed by atoms with E-state index in [-0.39, 0.29) is 5.56 Å². The van der Waals surface area contributed by atoms with Crippen LogP contribution >= 0.6 is 0 Å². The van der Waals surface area contributed by atoms with Crippen LogP contribution in [0.25, 0.3) is 22.0 Å². The van der Waals surface area contributed by atoms with Gasteiger partial charge in [0.1, 0.15) is 5.75 Å². The second kappa shape index (κ2) is 5.61. The van der Waals surface area contributed by atoms with Crippen molar-refractivity contribution in [3.05, 3.63) is 58.4 Å². The predicted molar refractivity (Wildman–Crippen MR) is 86.9 cm³/mol. The molecule has 5 nitrogen and oxygen atoms in total. The van der Waals surface area contributed by atoms with Crippen molar-refractivity contribution in [1.29, 1.82) is 0 Å². The van der Waals surface area contributed by atoms with Gasteiger partial charge < -0.3 is 10.5 Å². The number of methoxy groups -OCH3 is 1. The van der Waals surface area contributed by atoms with Crippen molar-refractivity contribution >= 4 is 10.8 Å². The lowest BCUT2D eigenvalue weighted by Gasteiger charge is -2.10.